The number of rotatable bonds is 8. The monoisotopic (exact) mass is 388 g/mol. The number of Topliss-reactive ketones (excluding diaryl/α,β-unsaturated/α-hetero) is 1. The maximum atomic E-state index is 12.4. The maximum Gasteiger partial charge on any atom is 0.251 e. The first-order valence-electron chi connectivity index (χ1n) is 8.73. The van der Waals surface area contributed by atoms with Crippen molar-refractivity contribution in [3.05, 3.63) is 65.2 Å². The largest absolute Gasteiger partial charge is 0.350 e. The molecule has 2 aromatic rings. The summed E-state index contributed by atoms with van der Waals surface area (Å²) in [4.78, 5) is 23.4. The summed E-state index contributed by atoms with van der Waals surface area (Å²) in [5, 5.41) is 2.88. The molecular formula is C20H24N2O4S. The molecule has 1 amide bonds. The molecule has 0 bridgehead atoms. The number of nitrogens with one attached hydrogen (secondary N) is 2. The van der Waals surface area contributed by atoms with Gasteiger partial charge in [0, 0.05) is 23.7 Å². The standard InChI is InChI=1S/C20H24N2O4S/c1-4-14(2)22-20(24)18-7-5-16(6-8-18)13-21-27(25,26)19-11-9-17(10-12-19)15(3)23/h5-12,14,21H,4,13H2,1-3H3,(H,22,24). The molecule has 0 heterocycles. The highest BCUT2D eigenvalue weighted by Crippen LogP contribution is 2.12. The fraction of sp³-hybridized carbons (Fsp3) is 0.300. The molecular weight excluding hydrogens is 364 g/mol. The van der Waals surface area contributed by atoms with Crippen molar-refractivity contribution in [2.45, 2.75) is 44.7 Å². The first kappa shape index (κ1) is 20.8. The van der Waals surface area contributed by atoms with E-state index in [-0.39, 0.29) is 29.2 Å². The van der Waals surface area contributed by atoms with Gasteiger partial charge in [0.2, 0.25) is 10.0 Å². The lowest BCUT2D eigenvalue weighted by Gasteiger charge is -2.12. The van der Waals surface area contributed by atoms with Gasteiger partial charge in [-0.3, -0.25) is 9.59 Å². The third kappa shape index (κ3) is 5.74. The first-order chi connectivity index (χ1) is 12.7. The number of carbonyl (C=O) groups is 2. The van der Waals surface area contributed by atoms with Crippen LogP contribution in [0.4, 0.5) is 0 Å². The molecule has 2 aromatic carbocycles. The zero-order valence-electron chi connectivity index (χ0n) is 15.7. The highest BCUT2D eigenvalue weighted by molar-refractivity contribution is 7.89. The van der Waals surface area contributed by atoms with Crippen molar-refractivity contribution < 1.29 is 18.0 Å². The Hall–Kier alpha value is -2.51. The molecule has 0 aliphatic carbocycles. The molecule has 0 saturated carbocycles. The molecule has 27 heavy (non-hydrogen) atoms. The summed E-state index contributed by atoms with van der Waals surface area (Å²) in [5.74, 6) is -0.272. The number of benzene rings is 2. The Morgan fingerprint density at radius 1 is 0.963 bits per heavy atom. The van der Waals surface area contributed by atoms with Crippen LogP contribution < -0.4 is 10.0 Å². The molecule has 2 rings (SSSR count). The molecule has 0 aromatic heterocycles. The van der Waals surface area contributed by atoms with Crippen LogP contribution in [-0.4, -0.2) is 26.2 Å². The van der Waals surface area contributed by atoms with E-state index in [0.717, 1.165) is 12.0 Å². The van der Waals surface area contributed by atoms with Gasteiger partial charge in [-0.2, -0.15) is 0 Å². The second-order valence-electron chi connectivity index (χ2n) is 6.38. The predicted octanol–water partition coefficient (Wildman–Crippen LogP) is 2.90. The van der Waals surface area contributed by atoms with Gasteiger partial charge in [-0.05, 0) is 50.1 Å². The van der Waals surface area contributed by atoms with Gasteiger partial charge in [0.1, 0.15) is 0 Å². The van der Waals surface area contributed by atoms with Gasteiger partial charge in [0.15, 0.2) is 5.78 Å². The highest BCUT2D eigenvalue weighted by Gasteiger charge is 2.14. The summed E-state index contributed by atoms with van der Waals surface area (Å²) >= 11 is 0. The Kier molecular flexibility index (Phi) is 6.87. The molecule has 1 unspecified atom stereocenters. The van der Waals surface area contributed by atoms with Crippen LogP contribution in [0.1, 0.15) is 53.5 Å². The molecule has 1 atom stereocenters. The summed E-state index contributed by atoms with van der Waals surface area (Å²) in [5.41, 5.74) is 1.72. The van der Waals surface area contributed by atoms with Gasteiger partial charge < -0.3 is 5.32 Å². The van der Waals surface area contributed by atoms with Crippen molar-refractivity contribution in [3.63, 3.8) is 0 Å². The Morgan fingerprint density at radius 3 is 2.04 bits per heavy atom. The van der Waals surface area contributed by atoms with Gasteiger partial charge in [0.25, 0.3) is 5.91 Å². The van der Waals surface area contributed by atoms with Gasteiger partial charge in [-0.1, -0.05) is 31.2 Å². The van der Waals surface area contributed by atoms with Crippen molar-refractivity contribution in [2.75, 3.05) is 0 Å². The average Bonchev–Trinajstić information content (AvgIpc) is 2.66. The molecule has 6 nitrogen and oxygen atoms in total. The lowest BCUT2D eigenvalue weighted by Crippen LogP contribution is -2.31. The average molecular weight is 388 g/mol. The zero-order chi connectivity index (χ0) is 20.0. The maximum absolute atomic E-state index is 12.4. The van der Waals surface area contributed by atoms with Crippen LogP contribution >= 0.6 is 0 Å². The van der Waals surface area contributed by atoms with Crippen molar-refractivity contribution in [1.82, 2.24) is 10.0 Å². The molecule has 0 aliphatic heterocycles. The van der Waals surface area contributed by atoms with Crippen LogP contribution in [0.25, 0.3) is 0 Å². The lowest BCUT2D eigenvalue weighted by atomic mass is 10.1. The van der Waals surface area contributed by atoms with Gasteiger partial charge in [-0.25, -0.2) is 13.1 Å². The zero-order valence-corrected chi connectivity index (χ0v) is 16.5. The minimum atomic E-state index is -3.69. The lowest BCUT2D eigenvalue weighted by molar-refractivity contribution is 0.0938. The second-order valence-corrected chi connectivity index (χ2v) is 8.15. The third-order valence-corrected chi connectivity index (χ3v) is 5.66. The molecule has 0 aliphatic rings. The minimum absolute atomic E-state index is 0.0945. The smallest absolute Gasteiger partial charge is 0.251 e. The van der Waals surface area contributed by atoms with E-state index in [0.29, 0.717) is 11.1 Å². The third-order valence-electron chi connectivity index (χ3n) is 4.24. The number of hydrogen-bond acceptors (Lipinski definition) is 4. The van der Waals surface area contributed by atoms with Crippen molar-refractivity contribution in [2.24, 2.45) is 0 Å². The van der Waals surface area contributed by atoms with Crippen molar-refractivity contribution in [3.8, 4) is 0 Å². The highest BCUT2D eigenvalue weighted by atomic mass is 32.2. The summed E-state index contributed by atoms with van der Waals surface area (Å²) in [7, 11) is -3.69. The van der Waals surface area contributed by atoms with E-state index in [4.69, 9.17) is 0 Å². The molecule has 144 valence electrons. The minimum Gasteiger partial charge on any atom is -0.350 e. The fourth-order valence-electron chi connectivity index (χ4n) is 2.31. The predicted molar refractivity (Wildman–Crippen MR) is 104 cm³/mol. The Morgan fingerprint density at radius 2 is 1.52 bits per heavy atom. The van der Waals surface area contributed by atoms with Gasteiger partial charge in [0.05, 0.1) is 4.90 Å². The fourth-order valence-corrected chi connectivity index (χ4v) is 3.33. The van der Waals surface area contributed by atoms with E-state index >= 15 is 0 Å². The normalized spacial score (nSPS) is 12.4. The van der Waals surface area contributed by atoms with Crippen molar-refractivity contribution in [1.29, 1.82) is 0 Å². The van der Waals surface area contributed by atoms with Crippen molar-refractivity contribution >= 4 is 21.7 Å². The van der Waals surface area contributed by atoms with Crippen LogP contribution in [0.2, 0.25) is 0 Å². The van der Waals surface area contributed by atoms with Crippen LogP contribution in [-0.2, 0) is 16.6 Å². The Balaban J connectivity index is 2.01. The first-order valence-corrected chi connectivity index (χ1v) is 10.2. The molecule has 2 N–H and O–H groups in total. The van der Waals surface area contributed by atoms with E-state index in [1.54, 1.807) is 24.3 Å². The number of amides is 1. The van der Waals surface area contributed by atoms with E-state index in [1.807, 2.05) is 13.8 Å². The summed E-state index contributed by atoms with van der Waals surface area (Å²) in [6.45, 7) is 5.45. The van der Waals surface area contributed by atoms with Gasteiger partial charge >= 0.3 is 0 Å². The van der Waals surface area contributed by atoms with E-state index in [9.17, 15) is 18.0 Å². The van der Waals surface area contributed by atoms with Crippen LogP contribution in [0.15, 0.2) is 53.4 Å². The summed E-state index contributed by atoms with van der Waals surface area (Å²) in [6, 6.07) is 12.6. The van der Waals surface area contributed by atoms with Crippen LogP contribution in [0.3, 0.4) is 0 Å². The molecule has 0 saturated heterocycles. The van der Waals surface area contributed by atoms with Gasteiger partial charge in [-0.15, -0.1) is 0 Å². The summed E-state index contributed by atoms with van der Waals surface area (Å²) < 4.78 is 27.2. The van der Waals surface area contributed by atoms with E-state index in [2.05, 4.69) is 10.0 Å². The quantitative estimate of drug-likeness (QED) is 0.680. The number of ketones is 1. The Bertz CT molecular complexity index is 904. The number of hydrogen-bond donors (Lipinski definition) is 2. The molecule has 0 fully saturated rings. The Labute approximate surface area is 160 Å². The molecule has 0 spiro atoms. The molecule has 0 radical (unpaired) electrons. The van der Waals surface area contributed by atoms with Crippen LogP contribution in [0.5, 0.6) is 0 Å². The van der Waals surface area contributed by atoms with E-state index in [1.165, 1.54) is 31.2 Å². The SMILES string of the molecule is CCC(C)NC(=O)c1ccc(CNS(=O)(=O)c2ccc(C(C)=O)cc2)cc1. The summed E-state index contributed by atoms with van der Waals surface area (Å²) in [6.07, 6.45) is 0.846. The second kappa shape index (κ2) is 8.92. The number of carbonyl (C=O) groups excluding carboxylic acids is 2. The van der Waals surface area contributed by atoms with Crippen LogP contribution in [0, 0.1) is 0 Å². The number of sulfonamides is 1. The molecule has 7 heteroatoms. The topological polar surface area (TPSA) is 92.3 Å². The van der Waals surface area contributed by atoms with E-state index < -0.39 is 10.0 Å².